The highest BCUT2D eigenvalue weighted by Crippen LogP contribution is 2.20. The van der Waals surface area contributed by atoms with Gasteiger partial charge in [0.05, 0.1) is 0 Å². The van der Waals surface area contributed by atoms with E-state index in [2.05, 4.69) is 16.4 Å². The van der Waals surface area contributed by atoms with Crippen LogP contribution in [0.1, 0.15) is 48.7 Å². The highest BCUT2D eigenvalue weighted by atomic mass is 16.2. The standard InChI is InChI=1S/C15H20N2O2/c1-10-8-9-13(14(18)16-10)15(19)17-11(2)12-6-4-3-5-7-12/h6,8-9,11H,3-5,7H2,1-2H3,(H,16,18)(H,17,19). The molecule has 1 aromatic rings. The van der Waals surface area contributed by atoms with Gasteiger partial charge in [-0.25, -0.2) is 0 Å². The molecule has 0 aromatic carbocycles. The van der Waals surface area contributed by atoms with Gasteiger partial charge in [-0.1, -0.05) is 11.6 Å². The molecule has 102 valence electrons. The van der Waals surface area contributed by atoms with E-state index in [0.717, 1.165) is 18.5 Å². The zero-order valence-corrected chi connectivity index (χ0v) is 11.5. The molecule has 0 fully saturated rings. The van der Waals surface area contributed by atoms with Crippen LogP contribution < -0.4 is 10.9 Å². The smallest absolute Gasteiger partial charge is 0.260 e. The number of hydrogen-bond donors (Lipinski definition) is 2. The van der Waals surface area contributed by atoms with Crippen LogP contribution in [-0.2, 0) is 0 Å². The topological polar surface area (TPSA) is 62.0 Å². The van der Waals surface area contributed by atoms with Crippen molar-refractivity contribution in [3.63, 3.8) is 0 Å². The van der Waals surface area contributed by atoms with Crippen LogP contribution in [0.3, 0.4) is 0 Å². The first-order chi connectivity index (χ1) is 9.08. The number of H-pyrrole nitrogens is 1. The molecule has 0 spiro atoms. The number of nitrogens with one attached hydrogen (secondary N) is 2. The second-order valence-corrected chi connectivity index (χ2v) is 5.10. The number of hydrogen-bond acceptors (Lipinski definition) is 2. The molecule has 1 heterocycles. The van der Waals surface area contributed by atoms with Gasteiger partial charge in [0.15, 0.2) is 0 Å². The minimum atomic E-state index is -0.331. The van der Waals surface area contributed by atoms with Gasteiger partial charge in [0.2, 0.25) is 0 Å². The fourth-order valence-electron chi connectivity index (χ4n) is 2.37. The van der Waals surface area contributed by atoms with E-state index in [9.17, 15) is 9.59 Å². The van der Waals surface area contributed by atoms with Gasteiger partial charge in [-0.15, -0.1) is 0 Å². The van der Waals surface area contributed by atoms with Crippen molar-refractivity contribution >= 4 is 5.91 Å². The number of aromatic nitrogens is 1. The SMILES string of the molecule is Cc1ccc(C(=O)NC(C)C2=CCCCC2)c(=O)[nH]1. The molecule has 1 atom stereocenters. The summed E-state index contributed by atoms with van der Waals surface area (Å²) in [7, 11) is 0. The number of carbonyl (C=O) groups is 1. The lowest BCUT2D eigenvalue weighted by Crippen LogP contribution is -2.37. The summed E-state index contributed by atoms with van der Waals surface area (Å²) in [6, 6.07) is 3.31. The second kappa shape index (κ2) is 5.87. The van der Waals surface area contributed by atoms with E-state index in [-0.39, 0.29) is 23.1 Å². The maximum atomic E-state index is 12.1. The molecule has 2 rings (SSSR count). The molecule has 4 nitrogen and oxygen atoms in total. The first-order valence-electron chi connectivity index (χ1n) is 6.77. The monoisotopic (exact) mass is 260 g/mol. The Morgan fingerprint density at radius 2 is 2.16 bits per heavy atom. The summed E-state index contributed by atoms with van der Waals surface area (Å²) >= 11 is 0. The number of aromatic amines is 1. The third-order valence-electron chi connectivity index (χ3n) is 3.53. The number of carbonyl (C=O) groups excluding carboxylic acids is 1. The van der Waals surface area contributed by atoms with Crippen LogP contribution in [0.25, 0.3) is 0 Å². The molecule has 0 saturated carbocycles. The number of pyridine rings is 1. The molecule has 4 heteroatoms. The molecule has 1 aliphatic rings. The maximum Gasteiger partial charge on any atom is 0.260 e. The van der Waals surface area contributed by atoms with E-state index in [0.29, 0.717) is 0 Å². The van der Waals surface area contributed by atoms with Crippen LogP contribution in [0.4, 0.5) is 0 Å². The van der Waals surface area contributed by atoms with E-state index >= 15 is 0 Å². The lowest BCUT2D eigenvalue weighted by atomic mass is 9.94. The molecule has 1 amide bonds. The van der Waals surface area contributed by atoms with Crippen molar-refractivity contribution in [1.29, 1.82) is 0 Å². The molecule has 2 N–H and O–H groups in total. The maximum absolute atomic E-state index is 12.1. The van der Waals surface area contributed by atoms with Gasteiger partial charge < -0.3 is 10.3 Å². The third kappa shape index (κ3) is 3.34. The Kier molecular flexibility index (Phi) is 4.20. The molecule has 0 saturated heterocycles. The Labute approximate surface area is 112 Å². The predicted octanol–water partition coefficient (Wildman–Crippen LogP) is 2.30. The number of rotatable bonds is 3. The molecule has 1 aliphatic carbocycles. The highest BCUT2D eigenvalue weighted by Gasteiger charge is 2.16. The summed E-state index contributed by atoms with van der Waals surface area (Å²) in [5.41, 5.74) is 1.86. The van der Waals surface area contributed by atoms with Crippen LogP contribution in [-0.4, -0.2) is 16.9 Å². The van der Waals surface area contributed by atoms with Crippen molar-refractivity contribution in [2.75, 3.05) is 0 Å². The van der Waals surface area contributed by atoms with Gasteiger partial charge in [0.1, 0.15) is 5.56 Å². The average molecular weight is 260 g/mol. The quantitative estimate of drug-likeness (QED) is 0.819. The number of allylic oxidation sites excluding steroid dienone is 1. The van der Waals surface area contributed by atoms with Crippen molar-refractivity contribution < 1.29 is 4.79 Å². The van der Waals surface area contributed by atoms with Gasteiger partial charge >= 0.3 is 0 Å². The van der Waals surface area contributed by atoms with Gasteiger partial charge in [-0.2, -0.15) is 0 Å². The zero-order valence-electron chi connectivity index (χ0n) is 11.5. The van der Waals surface area contributed by atoms with Crippen LogP contribution >= 0.6 is 0 Å². The highest BCUT2D eigenvalue weighted by molar-refractivity contribution is 5.94. The summed E-state index contributed by atoms with van der Waals surface area (Å²) in [5, 5.41) is 2.90. The summed E-state index contributed by atoms with van der Waals surface area (Å²) in [6.07, 6.45) is 6.72. The predicted molar refractivity (Wildman–Crippen MR) is 75.3 cm³/mol. The second-order valence-electron chi connectivity index (χ2n) is 5.10. The fraction of sp³-hybridized carbons (Fsp3) is 0.467. The summed E-state index contributed by atoms with van der Waals surface area (Å²) in [6.45, 7) is 3.76. The Bertz CT molecular complexity index is 558. The molecule has 1 aromatic heterocycles. The van der Waals surface area contributed by atoms with Gasteiger partial charge in [0.25, 0.3) is 11.5 Å². The molecular weight excluding hydrogens is 240 g/mol. The van der Waals surface area contributed by atoms with Crippen LogP contribution in [0, 0.1) is 6.92 Å². The fourth-order valence-corrected chi connectivity index (χ4v) is 2.37. The van der Waals surface area contributed by atoms with Gasteiger partial charge in [-0.05, 0) is 51.7 Å². The van der Waals surface area contributed by atoms with Crippen LogP contribution in [0.2, 0.25) is 0 Å². The number of aryl methyl sites for hydroxylation is 1. The lowest BCUT2D eigenvalue weighted by Gasteiger charge is -2.20. The first-order valence-corrected chi connectivity index (χ1v) is 6.77. The summed E-state index contributed by atoms with van der Waals surface area (Å²) < 4.78 is 0. The van der Waals surface area contributed by atoms with Crippen molar-refractivity contribution in [2.45, 2.75) is 45.6 Å². The van der Waals surface area contributed by atoms with E-state index in [1.807, 2.05) is 6.92 Å². The molecule has 1 unspecified atom stereocenters. The number of amides is 1. The van der Waals surface area contributed by atoms with Crippen LogP contribution in [0.15, 0.2) is 28.6 Å². The van der Waals surface area contributed by atoms with E-state index in [1.165, 1.54) is 18.4 Å². The van der Waals surface area contributed by atoms with Crippen molar-refractivity contribution in [2.24, 2.45) is 0 Å². The molecule has 19 heavy (non-hydrogen) atoms. The summed E-state index contributed by atoms with van der Waals surface area (Å²) in [4.78, 5) is 26.4. The normalized spacial score (nSPS) is 16.6. The van der Waals surface area contributed by atoms with E-state index in [1.54, 1.807) is 19.1 Å². The van der Waals surface area contributed by atoms with Crippen LogP contribution in [0.5, 0.6) is 0 Å². The summed E-state index contributed by atoms with van der Waals surface area (Å²) in [5.74, 6) is -0.305. The Morgan fingerprint density at radius 1 is 1.37 bits per heavy atom. The Morgan fingerprint density at radius 3 is 2.79 bits per heavy atom. The zero-order chi connectivity index (χ0) is 13.8. The molecule has 0 bridgehead atoms. The molecule has 0 radical (unpaired) electrons. The lowest BCUT2D eigenvalue weighted by molar-refractivity contribution is 0.0943. The van der Waals surface area contributed by atoms with Crippen molar-refractivity contribution in [1.82, 2.24) is 10.3 Å². The van der Waals surface area contributed by atoms with E-state index in [4.69, 9.17) is 0 Å². The average Bonchev–Trinajstić information content (AvgIpc) is 2.39. The third-order valence-corrected chi connectivity index (χ3v) is 3.53. The minimum absolute atomic E-state index is 0.00602. The van der Waals surface area contributed by atoms with Gasteiger partial charge in [-0.3, -0.25) is 9.59 Å². The Balaban J connectivity index is 2.08. The first kappa shape index (κ1) is 13.6. The minimum Gasteiger partial charge on any atom is -0.346 e. The van der Waals surface area contributed by atoms with E-state index < -0.39 is 0 Å². The van der Waals surface area contributed by atoms with Crippen molar-refractivity contribution in [3.05, 3.63) is 45.4 Å². The molecule has 0 aliphatic heterocycles. The largest absolute Gasteiger partial charge is 0.346 e. The Hall–Kier alpha value is -1.84. The molecular formula is C15H20N2O2. The van der Waals surface area contributed by atoms with Crippen molar-refractivity contribution in [3.8, 4) is 0 Å². The van der Waals surface area contributed by atoms with Gasteiger partial charge in [0, 0.05) is 11.7 Å².